The second kappa shape index (κ2) is 5.19. The molecule has 1 aliphatic heterocycles. The molecule has 0 atom stereocenters. The molecule has 0 unspecified atom stereocenters. The minimum Gasteiger partial charge on any atom is -0.469 e. The van der Waals surface area contributed by atoms with Gasteiger partial charge < -0.3 is 14.2 Å². The number of hydrogen-bond donors (Lipinski definition) is 0. The number of anilines is 1. The van der Waals surface area contributed by atoms with Crippen molar-refractivity contribution in [2.45, 2.75) is 19.3 Å². The van der Waals surface area contributed by atoms with Crippen molar-refractivity contribution in [3.05, 3.63) is 30.0 Å². The molecule has 0 amide bonds. The maximum absolute atomic E-state index is 11.5. The fourth-order valence-corrected chi connectivity index (χ4v) is 3.00. The minimum absolute atomic E-state index is 0.193. The van der Waals surface area contributed by atoms with E-state index >= 15 is 0 Å². The third-order valence-electron chi connectivity index (χ3n) is 4.09. The van der Waals surface area contributed by atoms with Crippen molar-refractivity contribution in [2.75, 3.05) is 25.1 Å². The molecular formula is C16H20N2O2. The SMILES string of the molecule is COC(=O)Cc1cn(C)c2cc(N3CCCC3)ccc12. The second-order valence-electron chi connectivity index (χ2n) is 5.41. The van der Waals surface area contributed by atoms with Crippen LogP contribution in [0.5, 0.6) is 0 Å². The number of nitrogens with zero attached hydrogens (tertiary/aromatic N) is 2. The zero-order chi connectivity index (χ0) is 14.1. The number of aryl methyl sites for hydroxylation is 1. The van der Waals surface area contributed by atoms with Crippen LogP contribution in [-0.2, 0) is 23.0 Å². The van der Waals surface area contributed by atoms with Crippen molar-refractivity contribution in [2.24, 2.45) is 7.05 Å². The van der Waals surface area contributed by atoms with E-state index in [1.54, 1.807) is 0 Å². The molecule has 2 heterocycles. The summed E-state index contributed by atoms with van der Waals surface area (Å²) in [5.74, 6) is -0.193. The zero-order valence-corrected chi connectivity index (χ0v) is 12.1. The highest BCUT2D eigenvalue weighted by molar-refractivity contribution is 5.90. The lowest BCUT2D eigenvalue weighted by molar-refractivity contribution is -0.139. The largest absolute Gasteiger partial charge is 0.469 e. The van der Waals surface area contributed by atoms with Gasteiger partial charge in [0.05, 0.1) is 19.0 Å². The molecule has 1 aromatic heterocycles. The number of carbonyl (C=O) groups is 1. The summed E-state index contributed by atoms with van der Waals surface area (Å²) in [4.78, 5) is 13.9. The molecule has 0 saturated carbocycles. The summed E-state index contributed by atoms with van der Waals surface area (Å²) in [6.07, 6.45) is 4.91. The third kappa shape index (κ3) is 2.26. The number of rotatable bonds is 3. The molecular weight excluding hydrogens is 252 g/mol. The highest BCUT2D eigenvalue weighted by Gasteiger charge is 2.15. The topological polar surface area (TPSA) is 34.5 Å². The lowest BCUT2D eigenvalue weighted by Gasteiger charge is -2.17. The van der Waals surface area contributed by atoms with Crippen molar-refractivity contribution < 1.29 is 9.53 Å². The van der Waals surface area contributed by atoms with Crippen molar-refractivity contribution in [3.63, 3.8) is 0 Å². The highest BCUT2D eigenvalue weighted by Crippen LogP contribution is 2.28. The van der Waals surface area contributed by atoms with E-state index in [1.165, 1.54) is 31.2 Å². The molecule has 1 aliphatic rings. The lowest BCUT2D eigenvalue weighted by Crippen LogP contribution is -2.17. The number of fused-ring (bicyclic) bond motifs is 1. The zero-order valence-electron chi connectivity index (χ0n) is 12.1. The van der Waals surface area contributed by atoms with Crippen LogP contribution in [0.1, 0.15) is 18.4 Å². The fraction of sp³-hybridized carbons (Fsp3) is 0.438. The van der Waals surface area contributed by atoms with Gasteiger partial charge in [-0.15, -0.1) is 0 Å². The van der Waals surface area contributed by atoms with Crippen molar-refractivity contribution in [1.82, 2.24) is 4.57 Å². The van der Waals surface area contributed by atoms with E-state index in [2.05, 4.69) is 27.7 Å². The average Bonchev–Trinajstić information content (AvgIpc) is 3.08. The monoisotopic (exact) mass is 272 g/mol. The number of methoxy groups -OCH3 is 1. The van der Waals surface area contributed by atoms with Crippen LogP contribution < -0.4 is 4.90 Å². The van der Waals surface area contributed by atoms with Crippen LogP contribution in [0, 0.1) is 0 Å². The summed E-state index contributed by atoms with van der Waals surface area (Å²) in [5.41, 5.74) is 3.48. The summed E-state index contributed by atoms with van der Waals surface area (Å²) < 4.78 is 6.85. The van der Waals surface area contributed by atoms with Gasteiger partial charge in [0.25, 0.3) is 0 Å². The van der Waals surface area contributed by atoms with Crippen LogP contribution in [0.15, 0.2) is 24.4 Å². The molecule has 0 aliphatic carbocycles. The molecule has 3 rings (SSSR count). The van der Waals surface area contributed by atoms with Crippen LogP contribution in [0.3, 0.4) is 0 Å². The lowest BCUT2D eigenvalue weighted by atomic mass is 10.1. The predicted molar refractivity (Wildman–Crippen MR) is 80.1 cm³/mol. The van der Waals surface area contributed by atoms with E-state index in [4.69, 9.17) is 4.74 Å². The number of esters is 1. The molecule has 1 fully saturated rings. The molecule has 0 spiro atoms. The van der Waals surface area contributed by atoms with Crippen molar-refractivity contribution in [1.29, 1.82) is 0 Å². The maximum Gasteiger partial charge on any atom is 0.310 e. The molecule has 106 valence electrons. The molecule has 1 saturated heterocycles. The first-order valence-corrected chi connectivity index (χ1v) is 7.09. The summed E-state index contributed by atoms with van der Waals surface area (Å²) >= 11 is 0. The van der Waals surface area contributed by atoms with Crippen LogP contribution in [-0.4, -0.2) is 30.7 Å². The van der Waals surface area contributed by atoms with Gasteiger partial charge in [-0.1, -0.05) is 6.07 Å². The van der Waals surface area contributed by atoms with Gasteiger partial charge in [0.15, 0.2) is 0 Å². The first-order chi connectivity index (χ1) is 9.69. The average molecular weight is 272 g/mol. The molecule has 1 aromatic carbocycles. The van der Waals surface area contributed by atoms with Crippen LogP contribution in [0.25, 0.3) is 10.9 Å². The Kier molecular flexibility index (Phi) is 3.38. The second-order valence-corrected chi connectivity index (χ2v) is 5.41. The molecule has 20 heavy (non-hydrogen) atoms. The molecule has 4 nitrogen and oxygen atoms in total. The maximum atomic E-state index is 11.5. The van der Waals surface area contributed by atoms with Gasteiger partial charge in [-0.3, -0.25) is 4.79 Å². The molecule has 4 heteroatoms. The molecule has 2 aromatic rings. The Balaban J connectivity index is 1.98. The van der Waals surface area contributed by atoms with Gasteiger partial charge in [0.1, 0.15) is 0 Å². The van der Waals surface area contributed by atoms with Gasteiger partial charge >= 0.3 is 5.97 Å². The van der Waals surface area contributed by atoms with Crippen LogP contribution in [0.2, 0.25) is 0 Å². The smallest absolute Gasteiger partial charge is 0.310 e. The Hall–Kier alpha value is -1.97. The third-order valence-corrected chi connectivity index (χ3v) is 4.09. The van der Waals surface area contributed by atoms with Gasteiger partial charge in [-0.05, 0) is 30.5 Å². The Morgan fingerprint density at radius 2 is 2.05 bits per heavy atom. The number of benzene rings is 1. The van der Waals surface area contributed by atoms with E-state index < -0.39 is 0 Å². The normalized spacial score (nSPS) is 15.0. The van der Waals surface area contributed by atoms with Gasteiger partial charge in [0, 0.05) is 37.4 Å². The summed E-state index contributed by atoms with van der Waals surface area (Å²) in [5, 5.41) is 1.14. The molecule has 0 radical (unpaired) electrons. The first kappa shape index (κ1) is 13.0. The number of aromatic nitrogens is 1. The van der Waals surface area contributed by atoms with E-state index in [9.17, 15) is 4.79 Å². The van der Waals surface area contributed by atoms with E-state index in [0.717, 1.165) is 24.0 Å². The Morgan fingerprint density at radius 1 is 1.30 bits per heavy atom. The Morgan fingerprint density at radius 3 is 2.75 bits per heavy atom. The highest BCUT2D eigenvalue weighted by atomic mass is 16.5. The summed E-state index contributed by atoms with van der Waals surface area (Å²) in [7, 11) is 3.45. The van der Waals surface area contributed by atoms with Crippen molar-refractivity contribution in [3.8, 4) is 0 Å². The summed E-state index contributed by atoms with van der Waals surface area (Å²) in [6.45, 7) is 2.29. The van der Waals surface area contributed by atoms with E-state index in [1.807, 2.05) is 13.2 Å². The molecule has 0 N–H and O–H groups in total. The number of ether oxygens (including phenoxy) is 1. The van der Waals surface area contributed by atoms with Crippen LogP contribution >= 0.6 is 0 Å². The van der Waals surface area contributed by atoms with Gasteiger partial charge in [-0.25, -0.2) is 0 Å². The number of hydrogen-bond acceptors (Lipinski definition) is 3. The van der Waals surface area contributed by atoms with Crippen molar-refractivity contribution >= 4 is 22.6 Å². The fourth-order valence-electron chi connectivity index (χ4n) is 3.00. The van der Waals surface area contributed by atoms with Crippen LogP contribution in [0.4, 0.5) is 5.69 Å². The summed E-state index contributed by atoms with van der Waals surface area (Å²) in [6, 6.07) is 6.51. The predicted octanol–water partition coefficient (Wildman–Crippen LogP) is 2.49. The standard InChI is InChI=1S/C16H20N2O2/c1-17-11-12(9-16(19)20-2)14-6-5-13(10-15(14)17)18-7-3-4-8-18/h5-6,10-11H,3-4,7-9H2,1-2H3. The number of carbonyl (C=O) groups excluding carboxylic acids is 1. The molecule has 0 bridgehead atoms. The van der Waals surface area contributed by atoms with E-state index in [-0.39, 0.29) is 5.97 Å². The van der Waals surface area contributed by atoms with Gasteiger partial charge in [-0.2, -0.15) is 0 Å². The minimum atomic E-state index is -0.193. The Labute approximate surface area is 118 Å². The quantitative estimate of drug-likeness (QED) is 0.805. The van der Waals surface area contributed by atoms with Gasteiger partial charge in [0.2, 0.25) is 0 Å². The first-order valence-electron chi connectivity index (χ1n) is 7.09. The van der Waals surface area contributed by atoms with E-state index in [0.29, 0.717) is 6.42 Å². The Bertz CT molecular complexity index is 639.